The molecule has 2 aromatic carbocycles. The lowest BCUT2D eigenvalue weighted by Gasteiger charge is -2.27. The van der Waals surface area contributed by atoms with Crippen LogP contribution in [0.1, 0.15) is 21.7 Å². The molecule has 0 spiro atoms. The summed E-state index contributed by atoms with van der Waals surface area (Å²) in [4.78, 5) is 19.6. The van der Waals surface area contributed by atoms with Gasteiger partial charge in [-0.05, 0) is 24.3 Å². The second kappa shape index (κ2) is 4.14. The second-order valence-corrected chi connectivity index (χ2v) is 5.11. The lowest BCUT2D eigenvalue weighted by atomic mass is 9.83. The molecule has 0 saturated carbocycles. The monoisotopic (exact) mass is 276 g/mol. The Hall–Kier alpha value is -2.72. The quantitative estimate of drug-likeness (QED) is 0.718. The van der Waals surface area contributed by atoms with Crippen molar-refractivity contribution in [2.24, 2.45) is 0 Å². The maximum absolute atomic E-state index is 11.9. The predicted molar refractivity (Wildman–Crippen MR) is 79.0 cm³/mol. The van der Waals surface area contributed by atoms with E-state index in [1.165, 1.54) is 12.2 Å². The molecule has 4 nitrogen and oxygen atoms in total. The lowest BCUT2D eigenvalue weighted by molar-refractivity contribution is 0.0974. The number of hydrogen-bond donors (Lipinski definition) is 2. The molecule has 4 heteroatoms. The highest BCUT2D eigenvalue weighted by Gasteiger charge is 2.37. The van der Waals surface area contributed by atoms with E-state index in [9.17, 15) is 9.90 Å². The van der Waals surface area contributed by atoms with Crippen molar-refractivity contribution >= 4 is 16.8 Å². The van der Waals surface area contributed by atoms with Gasteiger partial charge in [0.2, 0.25) is 0 Å². The summed E-state index contributed by atoms with van der Waals surface area (Å²) in [6.45, 7) is 0. The average Bonchev–Trinajstić information content (AvgIpc) is 2.96. The molecular weight excluding hydrogens is 264 g/mol. The molecule has 21 heavy (non-hydrogen) atoms. The Labute approximate surface area is 120 Å². The number of aliphatic hydroxyl groups is 1. The van der Waals surface area contributed by atoms with E-state index < -0.39 is 5.60 Å². The molecule has 1 aromatic heterocycles. The number of rotatable bonds is 1. The number of carbonyl (C=O) groups is 1. The fraction of sp³-hybridized carbons (Fsp3) is 0.0588. The van der Waals surface area contributed by atoms with Gasteiger partial charge < -0.3 is 10.1 Å². The van der Waals surface area contributed by atoms with Crippen LogP contribution >= 0.6 is 0 Å². The molecule has 0 fully saturated rings. The minimum Gasteiger partial charge on any atom is -0.373 e. The van der Waals surface area contributed by atoms with Gasteiger partial charge in [-0.3, -0.25) is 4.79 Å². The zero-order chi connectivity index (χ0) is 14.4. The second-order valence-electron chi connectivity index (χ2n) is 5.11. The van der Waals surface area contributed by atoms with Crippen LogP contribution in [0, 0.1) is 0 Å². The van der Waals surface area contributed by atoms with Gasteiger partial charge >= 0.3 is 0 Å². The van der Waals surface area contributed by atoms with Crippen molar-refractivity contribution in [3.63, 3.8) is 0 Å². The number of allylic oxidation sites excluding steroid dienone is 1. The van der Waals surface area contributed by atoms with Crippen LogP contribution in [0.2, 0.25) is 0 Å². The van der Waals surface area contributed by atoms with E-state index >= 15 is 0 Å². The molecule has 1 atom stereocenters. The zero-order valence-corrected chi connectivity index (χ0v) is 11.1. The summed E-state index contributed by atoms with van der Waals surface area (Å²) < 4.78 is 0. The predicted octanol–water partition coefficient (Wildman–Crippen LogP) is 2.55. The van der Waals surface area contributed by atoms with Crippen molar-refractivity contribution in [3.05, 3.63) is 77.6 Å². The van der Waals surface area contributed by atoms with Crippen molar-refractivity contribution < 1.29 is 9.90 Å². The number of ketones is 1. The van der Waals surface area contributed by atoms with Gasteiger partial charge in [0.15, 0.2) is 11.4 Å². The standard InChI is InChI=1S/C17H12N2O2/c20-15-9-10-17(21,12-6-2-1-5-11(12)15)16-18-13-7-3-4-8-14(13)19-16/h1-10,21H,(H,18,19). The first-order valence-corrected chi connectivity index (χ1v) is 6.69. The van der Waals surface area contributed by atoms with Crippen LogP contribution in [-0.4, -0.2) is 20.9 Å². The number of aromatic nitrogens is 2. The summed E-state index contributed by atoms with van der Waals surface area (Å²) in [5.41, 5.74) is 1.27. The molecule has 1 unspecified atom stereocenters. The maximum Gasteiger partial charge on any atom is 0.186 e. The molecule has 3 aromatic rings. The number of benzene rings is 2. The Bertz CT molecular complexity index is 861. The van der Waals surface area contributed by atoms with Gasteiger partial charge in [0.1, 0.15) is 5.82 Å². The Balaban J connectivity index is 1.98. The third-order valence-corrected chi connectivity index (χ3v) is 3.83. The van der Waals surface area contributed by atoms with E-state index in [2.05, 4.69) is 9.97 Å². The smallest absolute Gasteiger partial charge is 0.186 e. The highest BCUT2D eigenvalue weighted by atomic mass is 16.3. The Morgan fingerprint density at radius 3 is 2.67 bits per heavy atom. The normalized spacial score (nSPS) is 20.7. The minimum atomic E-state index is -1.41. The molecule has 2 N–H and O–H groups in total. The number of hydrogen-bond acceptors (Lipinski definition) is 3. The first kappa shape index (κ1) is 12.1. The number of aromatic amines is 1. The van der Waals surface area contributed by atoms with Crippen LogP contribution in [0.5, 0.6) is 0 Å². The van der Waals surface area contributed by atoms with Crippen molar-refractivity contribution in [1.82, 2.24) is 9.97 Å². The number of carbonyl (C=O) groups excluding carboxylic acids is 1. The van der Waals surface area contributed by atoms with E-state index in [0.717, 1.165) is 11.0 Å². The molecule has 0 saturated heterocycles. The molecule has 1 aliphatic rings. The SMILES string of the molecule is O=C1C=CC(O)(c2nc3ccccc3[nH]2)c2ccccc21. The number of nitrogens with zero attached hydrogens (tertiary/aromatic N) is 1. The molecule has 102 valence electrons. The van der Waals surface area contributed by atoms with Crippen molar-refractivity contribution in [3.8, 4) is 0 Å². The molecule has 0 bridgehead atoms. The summed E-state index contributed by atoms with van der Waals surface area (Å²) in [7, 11) is 0. The topological polar surface area (TPSA) is 66.0 Å². The van der Waals surface area contributed by atoms with Crippen LogP contribution in [0.15, 0.2) is 60.7 Å². The number of nitrogens with one attached hydrogen (secondary N) is 1. The average molecular weight is 276 g/mol. The van der Waals surface area contributed by atoms with Gasteiger partial charge in [-0.15, -0.1) is 0 Å². The molecule has 1 heterocycles. The highest BCUT2D eigenvalue weighted by Crippen LogP contribution is 2.35. The molecular formula is C17H12N2O2. The summed E-state index contributed by atoms with van der Waals surface area (Å²) >= 11 is 0. The van der Waals surface area contributed by atoms with Crippen molar-refractivity contribution in [2.45, 2.75) is 5.60 Å². The van der Waals surface area contributed by atoms with Crippen molar-refractivity contribution in [2.75, 3.05) is 0 Å². The van der Waals surface area contributed by atoms with E-state index in [1.807, 2.05) is 24.3 Å². The molecule has 1 aliphatic carbocycles. The number of para-hydroxylation sites is 2. The first-order valence-electron chi connectivity index (χ1n) is 6.69. The van der Waals surface area contributed by atoms with Crippen LogP contribution < -0.4 is 0 Å². The Kier molecular flexibility index (Phi) is 2.37. The fourth-order valence-corrected chi connectivity index (χ4v) is 2.75. The molecule has 0 amide bonds. The van der Waals surface area contributed by atoms with Crippen molar-refractivity contribution in [1.29, 1.82) is 0 Å². The molecule has 4 rings (SSSR count). The van der Waals surface area contributed by atoms with E-state index in [4.69, 9.17) is 0 Å². The summed E-state index contributed by atoms with van der Waals surface area (Å²) in [5, 5.41) is 11.1. The summed E-state index contributed by atoms with van der Waals surface area (Å²) in [5.74, 6) is 0.311. The van der Waals surface area contributed by atoms with Crippen LogP contribution in [0.25, 0.3) is 11.0 Å². The fourth-order valence-electron chi connectivity index (χ4n) is 2.75. The Morgan fingerprint density at radius 2 is 1.81 bits per heavy atom. The van der Waals surface area contributed by atoms with E-state index in [0.29, 0.717) is 17.0 Å². The number of H-pyrrole nitrogens is 1. The lowest BCUT2D eigenvalue weighted by Crippen LogP contribution is -2.31. The Morgan fingerprint density at radius 1 is 1.05 bits per heavy atom. The van der Waals surface area contributed by atoms with Crippen LogP contribution in [0.4, 0.5) is 0 Å². The van der Waals surface area contributed by atoms with Gasteiger partial charge in [0.25, 0.3) is 0 Å². The van der Waals surface area contributed by atoms with Crippen LogP contribution in [-0.2, 0) is 5.60 Å². The van der Waals surface area contributed by atoms with Gasteiger partial charge in [0.05, 0.1) is 11.0 Å². The van der Waals surface area contributed by atoms with Crippen LogP contribution in [0.3, 0.4) is 0 Å². The van der Waals surface area contributed by atoms with Gasteiger partial charge in [0, 0.05) is 11.1 Å². The van der Waals surface area contributed by atoms with E-state index in [-0.39, 0.29) is 5.78 Å². The molecule has 0 radical (unpaired) electrons. The minimum absolute atomic E-state index is 0.105. The molecule has 0 aliphatic heterocycles. The summed E-state index contributed by atoms with van der Waals surface area (Å²) in [6, 6.07) is 14.6. The number of fused-ring (bicyclic) bond motifs is 2. The zero-order valence-electron chi connectivity index (χ0n) is 11.1. The summed E-state index contributed by atoms with van der Waals surface area (Å²) in [6.07, 6.45) is 2.89. The van der Waals surface area contributed by atoms with E-state index in [1.54, 1.807) is 24.3 Å². The highest BCUT2D eigenvalue weighted by molar-refractivity contribution is 6.07. The third-order valence-electron chi connectivity index (χ3n) is 3.83. The van der Waals surface area contributed by atoms with Gasteiger partial charge in [-0.25, -0.2) is 4.98 Å². The first-order chi connectivity index (χ1) is 10.2. The van der Waals surface area contributed by atoms with Gasteiger partial charge in [-0.2, -0.15) is 0 Å². The van der Waals surface area contributed by atoms with Gasteiger partial charge in [-0.1, -0.05) is 36.4 Å². The largest absolute Gasteiger partial charge is 0.373 e. The third kappa shape index (κ3) is 1.66. The number of imidazole rings is 1. The maximum atomic E-state index is 11.9.